The average Bonchev–Trinajstić information content (AvgIpc) is 2.70. The number of carbonyl (C=O) groups is 1. The van der Waals surface area contributed by atoms with Gasteiger partial charge in [-0.2, -0.15) is 4.31 Å². The van der Waals surface area contributed by atoms with Crippen molar-refractivity contribution in [3.63, 3.8) is 0 Å². The van der Waals surface area contributed by atoms with Gasteiger partial charge in [0.15, 0.2) is 0 Å². The van der Waals surface area contributed by atoms with Crippen molar-refractivity contribution < 1.29 is 13.2 Å². The number of sulfonamides is 1. The molecule has 1 heterocycles. The SMILES string of the molecule is Cc1ccc(CC(=O)N2CCN(S(=O)(=O)c3ccc(C(C)C)cc3)CC2)cc1. The molecule has 6 heteroatoms. The van der Waals surface area contributed by atoms with Gasteiger partial charge >= 0.3 is 0 Å². The zero-order valence-electron chi connectivity index (χ0n) is 16.8. The summed E-state index contributed by atoms with van der Waals surface area (Å²) in [5, 5.41) is 0. The van der Waals surface area contributed by atoms with E-state index >= 15 is 0 Å². The van der Waals surface area contributed by atoms with Crippen LogP contribution in [-0.4, -0.2) is 49.7 Å². The molecule has 0 bridgehead atoms. The van der Waals surface area contributed by atoms with Gasteiger partial charge in [0, 0.05) is 26.2 Å². The van der Waals surface area contributed by atoms with Crippen molar-refractivity contribution in [3.8, 4) is 0 Å². The lowest BCUT2D eigenvalue weighted by atomic mass is 10.0. The number of hydrogen-bond donors (Lipinski definition) is 0. The van der Waals surface area contributed by atoms with Gasteiger partial charge < -0.3 is 4.90 Å². The highest BCUT2D eigenvalue weighted by Crippen LogP contribution is 2.21. The summed E-state index contributed by atoms with van der Waals surface area (Å²) in [6.45, 7) is 7.68. The summed E-state index contributed by atoms with van der Waals surface area (Å²) in [5.74, 6) is 0.405. The largest absolute Gasteiger partial charge is 0.340 e. The third-order valence-electron chi connectivity index (χ3n) is 5.25. The van der Waals surface area contributed by atoms with E-state index in [1.54, 1.807) is 17.0 Å². The minimum atomic E-state index is -3.52. The third kappa shape index (κ3) is 4.62. The van der Waals surface area contributed by atoms with Gasteiger partial charge in [-0.15, -0.1) is 0 Å². The lowest BCUT2D eigenvalue weighted by Crippen LogP contribution is -2.50. The summed E-state index contributed by atoms with van der Waals surface area (Å²) in [6.07, 6.45) is 0.351. The van der Waals surface area contributed by atoms with Crippen LogP contribution >= 0.6 is 0 Å². The van der Waals surface area contributed by atoms with Crippen molar-refractivity contribution in [1.82, 2.24) is 9.21 Å². The van der Waals surface area contributed by atoms with Crippen molar-refractivity contribution in [2.24, 2.45) is 0 Å². The molecule has 0 spiro atoms. The van der Waals surface area contributed by atoms with Crippen molar-refractivity contribution in [3.05, 3.63) is 65.2 Å². The maximum atomic E-state index is 12.9. The van der Waals surface area contributed by atoms with Crippen LogP contribution in [0.2, 0.25) is 0 Å². The highest BCUT2D eigenvalue weighted by atomic mass is 32.2. The highest BCUT2D eigenvalue weighted by molar-refractivity contribution is 7.89. The Morgan fingerprint density at radius 1 is 0.929 bits per heavy atom. The molecule has 0 radical (unpaired) electrons. The van der Waals surface area contributed by atoms with Gasteiger partial charge in [-0.3, -0.25) is 4.79 Å². The van der Waals surface area contributed by atoms with Crippen LogP contribution in [-0.2, 0) is 21.2 Å². The quantitative estimate of drug-likeness (QED) is 0.774. The number of rotatable bonds is 5. The van der Waals surface area contributed by atoms with E-state index in [2.05, 4.69) is 13.8 Å². The second kappa shape index (κ2) is 8.45. The molecule has 0 atom stereocenters. The summed E-state index contributed by atoms with van der Waals surface area (Å²) in [5.41, 5.74) is 3.26. The van der Waals surface area contributed by atoms with E-state index in [1.165, 1.54) is 4.31 Å². The monoisotopic (exact) mass is 400 g/mol. The molecule has 1 aliphatic heterocycles. The molecular formula is C22H28N2O3S. The molecule has 0 saturated carbocycles. The number of amides is 1. The second-order valence-corrected chi connectivity index (χ2v) is 9.61. The number of hydrogen-bond acceptors (Lipinski definition) is 3. The molecule has 2 aromatic rings. The number of benzene rings is 2. The van der Waals surface area contributed by atoms with E-state index in [0.717, 1.165) is 16.7 Å². The number of aryl methyl sites for hydroxylation is 1. The molecule has 0 unspecified atom stereocenters. The first kappa shape index (κ1) is 20.6. The Bertz CT molecular complexity index is 911. The normalized spacial score (nSPS) is 15.8. The number of nitrogens with zero attached hydrogens (tertiary/aromatic N) is 2. The average molecular weight is 401 g/mol. The Hall–Kier alpha value is -2.18. The van der Waals surface area contributed by atoms with Gasteiger partial charge in [0.05, 0.1) is 11.3 Å². The third-order valence-corrected chi connectivity index (χ3v) is 7.16. The van der Waals surface area contributed by atoms with Gasteiger partial charge in [-0.05, 0) is 36.1 Å². The van der Waals surface area contributed by atoms with Crippen molar-refractivity contribution >= 4 is 15.9 Å². The number of carbonyl (C=O) groups excluding carboxylic acids is 1. The zero-order valence-corrected chi connectivity index (χ0v) is 17.6. The summed E-state index contributed by atoms with van der Waals surface area (Å²) < 4.78 is 27.3. The smallest absolute Gasteiger partial charge is 0.243 e. The van der Waals surface area contributed by atoms with Crippen LogP contribution in [0.1, 0.15) is 36.5 Å². The molecule has 5 nitrogen and oxygen atoms in total. The lowest BCUT2D eigenvalue weighted by Gasteiger charge is -2.34. The Morgan fingerprint density at radius 2 is 1.50 bits per heavy atom. The fourth-order valence-electron chi connectivity index (χ4n) is 3.34. The Kier molecular flexibility index (Phi) is 6.20. The maximum Gasteiger partial charge on any atom is 0.243 e. The Morgan fingerprint density at radius 3 is 2.04 bits per heavy atom. The summed E-state index contributed by atoms with van der Waals surface area (Å²) in [4.78, 5) is 14.6. The lowest BCUT2D eigenvalue weighted by molar-refractivity contribution is -0.131. The number of piperazine rings is 1. The predicted octanol–water partition coefficient (Wildman–Crippen LogP) is 3.19. The van der Waals surface area contributed by atoms with Crippen LogP contribution in [0.4, 0.5) is 0 Å². The fraction of sp³-hybridized carbons (Fsp3) is 0.409. The van der Waals surface area contributed by atoms with E-state index < -0.39 is 10.0 Å². The summed E-state index contributed by atoms with van der Waals surface area (Å²) in [6, 6.07) is 15.0. The van der Waals surface area contributed by atoms with Crippen molar-refractivity contribution in [2.75, 3.05) is 26.2 Å². The summed E-state index contributed by atoms with van der Waals surface area (Å²) >= 11 is 0. The predicted molar refractivity (Wildman–Crippen MR) is 111 cm³/mol. The molecule has 1 saturated heterocycles. The zero-order chi connectivity index (χ0) is 20.3. The van der Waals surface area contributed by atoms with Crippen LogP contribution in [0.5, 0.6) is 0 Å². The van der Waals surface area contributed by atoms with Crippen LogP contribution < -0.4 is 0 Å². The molecule has 150 valence electrons. The first-order valence-electron chi connectivity index (χ1n) is 9.71. The van der Waals surface area contributed by atoms with Crippen LogP contribution in [0.15, 0.2) is 53.4 Å². The molecule has 0 aromatic heterocycles. The molecular weight excluding hydrogens is 372 g/mol. The second-order valence-electron chi connectivity index (χ2n) is 7.67. The molecule has 28 heavy (non-hydrogen) atoms. The van der Waals surface area contributed by atoms with E-state index in [9.17, 15) is 13.2 Å². The fourth-order valence-corrected chi connectivity index (χ4v) is 4.77. The Labute approximate surface area is 168 Å². The van der Waals surface area contributed by atoms with E-state index in [1.807, 2.05) is 43.3 Å². The van der Waals surface area contributed by atoms with Crippen molar-refractivity contribution in [2.45, 2.75) is 38.0 Å². The molecule has 0 N–H and O–H groups in total. The van der Waals surface area contributed by atoms with Gasteiger partial charge in [0.1, 0.15) is 0 Å². The maximum absolute atomic E-state index is 12.9. The standard InChI is InChI=1S/C22H28N2O3S/c1-17(2)20-8-10-21(11-9-20)28(26,27)24-14-12-23(13-15-24)22(25)16-19-6-4-18(3)5-7-19/h4-11,17H,12-16H2,1-3H3. The van der Waals surface area contributed by atoms with Crippen molar-refractivity contribution in [1.29, 1.82) is 0 Å². The van der Waals surface area contributed by atoms with Crippen LogP contribution in [0.3, 0.4) is 0 Å². The molecule has 0 aliphatic carbocycles. The topological polar surface area (TPSA) is 57.7 Å². The molecule has 1 aliphatic rings. The van der Waals surface area contributed by atoms with E-state index in [4.69, 9.17) is 0 Å². The minimum absolute atomic E-state index is 0.0437. The van der Waals surface area contributed by atoms with Crippen LogP contribution in [0, 0.1) is 6.92 Å². The van der Waals surface area contributed by atoms with Crippen LogP contribution in [0.25, 0.3) is 0 Å². The van der Waals surface area contributed by atoms with Gasteiger partial charge in [-0.25, -0.2) is 8.42 Å². The highest BCUT2D eigenvalue weighted by Gasteiger charge is 2.30. The Balaban J connectivity index is 1.60. The first-order valence-corrected chi connectivity index (χ1v) is 11.1. The van der Waals surface area contributed by atoms with Gasteiger partial charge in [0.2, 0.25) is 15.9 Å². The molecule has 2 aromatic carbocycles. The van der Waals surface area contributed by atoms with Gasteiger partial charge in [-0.1, -0.05) is 55.8 Å². The van der Waals surface area contributed by atoms with E-state index in [0.29, 0.717) is 43.4 Å². The van der Waals surface area contributed by atoms with E-state index in [-0.39, 0.29) is 5.91 Å². The first-order chi connectivity index (χ1) is 13.3. The summed E-state index contributed by atoms with van der Waals surface area (Å²) in [7, 11) is -3.52. The van der Waals surface area contributed by atoms with Gasteiger partial charge in [0.25, 0.3) is 0 Å². The molecule has 1 fully saturated rings. The molecule has 1 amide bonds. The molecule has 3 rings (SSSR count). The minimum Gasteiger partial charge on any atom is -0.340 e.